The van der Waals surface area contributed by atoms with E-state index in [2.05, 4.69) is 59.7 Å². The standard InChI is InChI=1S/C19H13ClN2/c20-17-10-11-19-21-18(13-22(19)12-17)16-8-6-15(7-9-16)14-4-2-1-3-5-14/h1-13H/p+1. The van der Waals surface area contributed by atoms with Crippen molar-refractivity contribution in [2.45, 2.75) is 0 Å². The molecule has 0 radical (unpaired) electrons. The van der Waals surface area contributed by atoms with E-state index >= 15 is 0 Å². The number of aromatic nitrogens is 2. The van der Waals surface area contributed by atoms with Crippen molar-refractivity contribution in [1.82, 2.24) is 4.98 Å². The van der Waals surface area contributed by atoms with E-state index in [9.17, 15) is 0 Å². The number of pyridine rings is 1. The molecular weight excluding hydrogens is 292 g/mol. The van der Waals surface area contributed by atoms with Crippen molar-refractivity contribution in [3.63, 3.8) is 0 Å². The maximum Gasteiger partial charge on any atom is 0.284 e. The zero-order chi connectivity index (χ0) is 14.9. The number of hydrogen-bond acceptors (Lipinski definition) is 0. The Hall–Kier alpha value is -2.58. The number of benzene rings is 2. The SMILES string of the molecule is Clc1ccc2[nH]c(-c3ccc(-c4ccccc4)cc3)c[n+]2c1. The van der Waals surface area contributed by atoms with Crippen LogP contribution in [0.4, 0.5) is 0 Å². The van der Waals surface area contributed by atoms with E-state index in [0.717, 1.165) is 21.9 Å². The molecule has 22 heavy (non-hydrogen) atoms. The highest BCUT2D eigenvalue weighted by Gasteiger charge is 2.11. The lowest BCUT2D eigenvalue weighted by atomic mass is 10.0. The number of halogens is 1. The number of imidazole rings is 1. The van der Waals surface area contributed by atoms with Crippen molar-refractivity contribution in [2.75, 3.05) is 0 Å². The minimum Gasteiger partial charge on any atom is -0.237 e. The monoisotopic (exact) mass is 305 g/mol. The smallest absolute Gasteiger partial charge is 0.237 e. The number of aromatic amines is 1. The lowest BCUT2D eigenvalue weighted by Crippen LogP contribution is -2.16. The summed E-state index contributed by atoms with van der Waals surface area (Å²) in [6.45, 7) is 0. The fourth-order valence-corrected chi connectivity index (χ4v) is 2.80. The van der Waals surface area contributed by atoms with Gasteiger partial charge in [-0.2, -0.15) is 0 Å². The third-order valence-electron chi connectivity index (χ3n) is 3.77. The third-order valence-corrected chi connectivity index (χ3v) is 4.00. The summed E-state index contributed by atoms with van der Waals surface area (Å²) in [4.78, 5) is 3.40. The molecule has 0 bridgehead atoms. The van der Waals surface area contributed by atoms with Crippen LogP contribution in [0.3, 0.4) is 0 Å². The van der Waals surface area contributed by atoms with Crippen LogP contribution in [0.1, 0.15) is 0 Å². The van der Waals surface area contributed by atoms with Gasteiger partial charge in [0.05, 0.1) is 5.02 Å². The second-order valence-electron chi connectivity index (χ2n) is 5.25. The highest BCUT2D eigenvalue weighted by molar-refractivity contribution is 6.30. The minimum atomic E-state index is 0.725. The van der Waals surface area contributed by atoms with Gasteiger partial charge < -0.3 is 0 Å². The molecule has 2 aromatic heterocycles. The zero-order valence-corrected chi connectivity index (χ0v) is 12.6. The summed E-state index contributed by atoms with van der Waals surface area (Å²) in [7, 11) is 0. The van der Waals surface area contributed by atoms with E-state index in [1.807, 2.05) is 28.8 Å². The topological polar surface area (TPSA) is 19.9 Å². The van der Waals surface area contributed by atoms with Crippen molar-refractivity contribution in [3.8, 4) is 22.4 Å². The van der Waals surface area contributed by atoms with Gasteiger partial charge >= 0.3 is 0 Å². The van der Waals surface area contributed by atoms with Crippen molar-refractivity contribution in [2.24, 2.45) is 0 Å². The molecule has 0 saturated heterocycles. The maximum atomic E-state index is 6.03. The molecule has 2 nitrogen and oxygen atoms in total. The summed E-state index contributed by atoms with van der Waals surface area (Å²) in [6, 6.07) is 22.8. The molecule has 4 aromatic rings. The first-order valence-electron chi connectivity index (χ1n) is 7.15. The van der Waals surface area contributed by atoms with Gasteiger partial charge in [0.2, 0.25) is 0 Å². The van der Waals surface area contributed by atoms with Crippen molar-refractivity contribution in [1.29, 1.82) is 0 Å². The van der Waals surface area contributed by atoms with Crippen LogP contribution in [-0.4, -0.2) is 4.98 Å². The Kier molecular flexibility index (Phi) is 3.17. The third kappa shape index (κ3) is 2.38. The molecule has 0 aliphatic heterocycles. The van der Waals surface area contributed by atoms with Gasteiger partial charge in [-0.1, -0.05) is 54.1 Å². The summed E-state index contributed by atoms with van der Waals surface area (Å²) in [6.07, 6.45) is 3.95. The van der Waals surface area contributed by atoms with E-state index < -0.39 is 0 Å². The van der Waals surface area contributed by atoms with Gasteiger partial charge in [0.15, 0.2) is 5.69 Å². The summed E-state index contributed by atoms with van der Waals surface area (Å²) in [5.74, 6) is 0. The molecule has 4 rings (SSSR count). The van der Waals surface area contributed by atoms with Crippen molar-refractivity contribution >= 4 is 17.2 Å². The molecule has 0 spiro atoms. The van der Waals surface area contributed by atoms with Crippen LogP contribution in [0.5, 0.6) is 0 Å². The van der Waals surface area contributed by atoms with Gasteiger partial charge in [0.1, 0.15) is 12.4 Å². The first-order chi connectivity index (χ1) is 10.8. The van der Waals surface area contributed by atoms with E-state index in [-0.39, 0.29) is 0 Å². The molecule has 2 heterocycles. The Morgan fingerprint density at radius 3 is 2.14 bits per heavy atom. The average molecular weight is 306 g/mol. The highest BCUT2D eigenvalue weighted by atomic mass is 35.5. The molecule has 106 valence electrons. The highest BCUT2D eigenvalue weighted by Crippen LogP contribution is 2.23. The lowest BCUT2D eigenvalue weighted by molar-refractivity contribution is -0.509. The minimum absolute atomic E-state index is 0.725. The van der Waals surface area contributed by atoms with Crippen LogP contribution >= 0.6 is 11.6 Å². The molecule has 3 heteroatoms. The van der Waals surface area contributed by atoms with Gasteiger partial charge in [0.25, 0.3) is 5.65 Å². The predicted molar refractivity (Wildman–Crippen MR) is 89.8 cm³/mol. The molecule has 2 aromatic carbocycles. The molecule has 0 aliphatic carbocycles. The number of H-pyrrole nitrogens is 1. The number of hydrogen-bond donors (Lipinski definition) is 1. The molecule has 0 aliphatic rings. The van der Waals surface area contributed by atoms with Crippen molar-refractivity contribution < 1.29 is 4.40 Å². The van der Waals surface area contributed by atoms with Gasteiger partial charge in [-0.25, -0.2) is 9.38 Å². The van der Waals surface area contributed by atoms with Crippen LogP contribution in [0.15, 0.2) is 79.1 Å². The zero-order valence-electron chi connectivity index (χ0n) is 11.8. The summed E-state index contributed by atoms with van der Waals surface area (Å²) in [5, 5.41) is 0.725. The van der Waals surface area contributed by atoms with Gasteiger partial charge in [-0.3, -0.25) is 0 Å². The fraction of sp³-hybridized carbons (Fsp3) is 0. The number of rotatable bonds is 2. The number of fused-ring (bicyclic) bond motifs is 1. The Bertz CT molecular complexity index is 925. The van der Waals surface area contributed by atoms with Crippen LogP contribution in [0.2, 0.25) is 5.02 Å². The largest absolute Gasteiger partial charge is 0.284 e. The van der Waals surface area contributed by atoms with E-state index in [4.69, 9.17) is 11.6 Å². The Balaban J connectivity index is 1.73. The lowest BCUT2D eigenvalue weighted by Gasteiger charge is -2.01. The molecule has 0 unspecified atom stereocenters. The molecular formula is C19H14ClN2+. The summed E-state index contributed by atoms with van der Waals surface area (Å²) >= 11 is 6.03. The quantitative estimate of drug-likeness (QED) is 0.516. The normalized spacial score (nSPS) is 11.0. The van der Waals surface area contributed by atoms with E-state index in [1.54, 1.807) is 0 Å². The number of nitrogens with zero attached hydrogens (tertiary/aromatic N) is 1. The van der Waals surface area contributed by atoms with Gasteiger partial charge in [-0.15, -0.1) is 0 Å². The first kappa shape index (κ1) is 13.1. The molecule has 0 fully saturated rings. The van der Waals surface area contributed by atoms with Crippen molar-refractivity contribution in [3.05, 3.63) is 84.1 Å². The Morgan fingerprint density at radius 1 is 0.682 bits per heavy atom. The maximum absolute atomic E-state index is 6.03. The summed E-state index contributed by atoms with van der Waals surface area (Å²) in [5.41, 5.74) is 5.69. The fourth-order valence-electron chi connectivity index (χ4n) is 2.63. The Morgan fingerprint density at radius 2 is 1.36 bits per heavy atom. The first-order valence-corrected chi connectivity index (χ1v) is 7.53. The predicted octanol–water partition coefficient (Wildman–Crippen LogP) is 4.74. The molecule has 0 atom stereocenters. The van der Waals surface area contributed by atoms with E-state index in [1.165, 1.54) is 11.1 Å². The van der Waals surface area contributed by atoms with Gasteiger partial charge in [-0.05, 0) is 29.3 Å². The molecule has 0 saturated carbocycles. The van der Waals surface area contributed by atoms with Gasteiger partial charge in [0, 0.05) is 11.6 Å². The van der Waals surface area contributed by atoms with E-state index in [0.29, 0.717) is 0 Å². The van der Waals surface area contributed by atoms with Crippen LogP contribution < -0.4 is 4.40 Å². The Labute approximate surface area is 133 Å². The molecule has 0 amide bonds. The van der Waals surface area contributed by atoms with Crippen LogP contribution in [-0.2, 0) is 0 Å². The van der Waals surface area contributed by atoms with Crippen LogP contribution in [0.25, 0.3) is 28.0 Å². The van der Waals surface area contributed by atoms with Crippen LogP contribution in [0, 0.1) is 0 Å². The average Bonchev–Trinajstić information content (AvgIpc) is 2.99. The number of nitrogens with one attached hydrogen (secondary N) is 1. The second-order valence-corrected chi connectivity index (χ2v) is 5.69. The molecule has 1 N–H and O–H groups in total. The second kappa shape index (κ2) is 5.32. The summed E-state index contributed by atoms with van der Waals surface area (Å²) < 4.78 is 2.00.